The first-order valence-corrected chi connectivity index (χ1v) is 6.36. The summed E-state index contributed by atoms with van der Waals surface area (Å²) in [5.41, 5.74) is 1.94. The van der Waals surface area contributed by atoms with Gasteiger partial charge in [-0.15, -0.1) is 0 Å². The molecule has 5 heteroatoms. The fourth-order valence-corrected chi connectivity index (χ4v) is 2.45. The smallest absolute Gasteiger partial charge is 0.0860 e. The minimum atomic E-state index is 0.0293. The van der Waals surface area contributed by atoms with Crippen LogP contribution in [-0.2, 0) is 18.3 Å². The molecule has 1 saturated heterocycles. The summed E-state index contributed by atoms with van der Waals surface area (Å²) in [5.74, 6) is 0. The fourth-order valence-electron chi connectivity index (χ4n) is 2.22. The van der Waals surface area contributed by atoms with E-state index in [0.717, 1.165) is 36.0 Å². The van der Waals surface area contributed by atoms with E-state index in [1.54, 1.807) is 0 Å². The van der Waals surface area contributed by atoms with E-state index in [1.807, 2.05) is 18.7 Å². The largest absolute Gasteiger partial charge is 0.377 e. The number of nitrogens with zero attached hydrogens (tertiary/aromatic N) is 2. The Kier molecular flexibility index (Phi) is 3.48. The van der Waals surface area contributed by atoms with Gasteiger partial charge in [0.25, 0.3) is 0 Å². The SMILES string of the molecule is Cc1nn(C)c(CNC2(C)CCOC2C)c1Cl. The minimum Gasteiger partial charge on any atom is -0.377 e. The van der Waals surface area contributed by atoms with Crippen LogP contribution in [0.2, 0.25) is 5.02 Å². The van der Waals surface area contributed by atoms with Crippen molar-refractivity contribution in [2.45, 2.75) is 45.4 Å². The van der Waals surface area contributed by atoms with Crippen molar-refractivity contribution in [1.29, 1.82) is 0 Å². The monoisotopic (exact) mass is 257 g/mol. The lowest BCUT2D eigenvalue weighted by Crippen LogP contribution is -2.47. The molecular formula is C12H20ClN3O. The van der Waals surface area contributed by atoms with E-state index in [9.17, 15) is 0 Å². The highest BCUT2D eigenvalue weighted by Gasteiger charge is 2.36. The maximum Gasteiger partial charge on any atom is 0.0860 e. The van der Waals surface area contributed by atoms with E-state index < -0.39 is 0 Å². The van der Waals surface area contributed by atoms with Crippen molar-refractivity contribution in [2.24, 2.45) is 7.05 Å². The molecule has 1 fully saturated rings. The fraction of sp³-hybridized carbons (Fsp3) is 0.750. The van der Waals surface area contributed by atoms with Crippen LogP contribution >= 0.6 is 11.6 Å². The second-order valence-electron chi connectivity index (χ2n) is 5.00. The molecule has 0 amide bonds. The lowest BCUT2D eigenvalue weighted by Gasteiger charge is -2.29. The van der Waals surface area contributed by atoms with E-state index in [4.69, 9.17) is 16.3 Å². The zero-order chi connectivity index (χ0) is 12.6. The second-order valence-corrected chi connectivity index (χ2v) is 5.38. The van der Waals surface area contributed by atoms with E-state index in [2.05, 4.69) is 24.3 Å². The van der Waals surface area contributed by atoms with Crippen LogP contribution < -0.4 is 5.32 Å². The predicted octanol–water partition coefficient (Wildman–Crippen LogP) is 2.04. The van der Waals surface area contributed by atoms with Crippen LogP contribution in [0.1, 0.15) is 31.7 Å². The lowest BCUT2D eigenvalue weighted by atomic mass is 9.94. The van der Waals surface area contributed by atoms with Crippen LogP contribution in [0.4, 0.5) is 0 Å². The third kappa shape index (κ3) is 2.34. The average molecular weight is 258 g/mol. The minimum absolute atomic E-state index is 0.0293. The molecule has 1 aromatic heterocycles. The Bertz CT molecular complexity index is 418. The highest BCUT2D eigenvalue weighted by atomic mass is 35.5. The molecule has 1 aliphatic heterocycles. The van der Waals surface area contributed by atoms with Gasteiger partial charge in [-0.2, -0.15) is 5.10 Å². The Balaban J connectivity index is 2.07. The van der Waals surface area contributed by atoms with E-state index in [-0.39, 0.29) is 11.6 Å². The molecular weight excluding hydrogens is 238 g/mol. The summed E-state index contributed by atoms with van der Waals surface area (Å²) >= 11 is 6.23. The average Bonchev–Trinajstić information content (AvgIpc) is 2.70. The van der Waals surface area contributed by atoms with Crippen molar-refractivity contribution in [2.75, 3.05) is 6.61 Å². The standard InChI is InChI=1S/C12H20ClN3O/c1-8-11(13)10(16(4)15-8)7-14-12(3)5-6-17-9(12)2/h9,14H,5-7H2,1-4H3. The van der Waals surface area contributed by atoms with Crippen LogP contribution in [0, 0.1) is 6.92 Å². The number of halogens is 1. The first-order chi connectivity index (χ1) is 7.94. The summed E-state index contributed by atoms with van der Waals surface area (Å²) in [5, 5.41) is 8.62. The van der Waals surface area contributed by atoms with Crippen LogP contribution in [0.15, 0.2) is 0 Å². The summed E-state index contributed by atoms with van der Waals surface area (Å²) in [7, 11) is 1.92. The number of aromatic nitrogens is 2. The molecule has 0 bridgehead atoms. The van der Waals surface area contributed by atoms with Gasteiger partial charge in [0.2, 0.25) is 0 Å². The number of rotatable bonds is 3. The molecule has 17 heavy (non-hydrogen) atoms. The molecule has 2 unspecified atom stereocenters. The van der Waals surface area contributed by atoms with Crippen molar-refractivity contribution in [3.8, 4) is 0 Å². The topological polar surface area (TPSA) is 39.1 Å². The third-order valence-electron chi connectivity index (χ3n) is 3.81. The van der Waals surface area contributed by atoms with Crippen molar-refractivity contribution in [3.63, 3.8) is 0 Å². The number of aryl methyl sites for hydroxylation is 2. The van der Waals surface area contributed by atoms with E-state index in [1.165, 1.54) is 0 Å². The van der Waals surface area contributed by atoms with Crippen LogP contribution in [-0.4, -0.2) is 28.0 Å². The van der Waals surface area contributed by atoms with Gasteiger partial charge in [0.05, 0.1) is 22.5 Å². The van der Waals surface area contributed by atoms with Gasteiger partial charge in [-0.25, -0.2) is 0 Å². The van der Waals surface area contributed by atoms with Crippen LogP contribution in [0.25, 0.3) is 0 Å². The van der Waals surface area contributed by atoms with Gasteiger partial charge in [-0.05, 0) is 27.2 Å². The molecule has 0 saturated carbocycles. The molecule has 0 spiro atoms. The molecule has 1 aromatic rings. The third-order valence-corrected chi connectivity index (χ3v) is 4.30. The lowest BCUT2D eigenvalue weighted by molar-refractivity contribution is 0.0879. The number of nitrogens with one attached hydrogen (secondary N) is 1. The first kappa shape index (κ1) is 12.9. The molecule has 2 atom stereocenters. The number of hydrogen-bond donors (Lipinski definition) is 1. The predicted molar refractivity (Wildman–Crippen MR) is 68.2 cm³/mol. The Morgan fingerprint density at radius 1 is 1.65 bits per heavy atom. The molecule has 4 nitrogen and oxygen atoms in total. The summed E-state index contributed by atoms with van der Waals surface area (Å²) in [6.07, 6.45) is 1.26. The molecule has 2 rings (SSSR count). The van der Waals surface area contributed by atoms with Crippen LogP contribution in [0.3, 0.4) is 0 Å². The van der Waals surface area contributed by atoms with Gasteiger partial charge in [-0.3, -0.25) is 4.68 Å². The van der Waals surface area contributed by atoms with Crippen LogP contribution in [0.5, 0.6) is 0 Å². The summed E-state index contributed by atoms with van der Waals surface area (Å²) in [6, 6.07) is 0. The van der Waals surface area contributed by atoms with Gasteiger partial charge >= 0.3 is 0 Å². The highest BCUT2D eigenvalue weighted by Crippen LogP contribution is 2.26. The quantitative estimate of drug-likeness (QED) is 0.901. The maximum atomic E-state index is 6.23. The molecule has 96 valence electrons. The Morgan fingerprint density at radius 3 is 2.82 bits per heavy atom. The maximum absolute atomic E-state index is 6.23. The van der Waals surface area contributed by atoms with Crippen molar-refractivity contribution in [3.05, 3.63) is 16.4 Å². The van der Waals surface area contributed by atoms with Gasteiger partial charge in [-0.1, -0.05) is 11.6 Å². The van der Waals surface area contributed by atoms with E-state index >= 15 is 0 Å². The van der Waals surface area contributed by atoms with E-state index in [0.29, 0.717) is 0 Å². The van der Waals surface area contributed by atoms with Gasteiger partial charge in [0.1, 0.15) is 0 Å². The van der Waals surface area contributed by atoms with Crippen molar-refractivity contribution >= 4 is 11.6 Å². The van der Waals surface area contributed by atoms with Crippen molar-refractivity contribution in [1.82, 2.24) is 15.1 Å². The molecule has 0 aromatic carbocycles. The first-order valence-electron chi connectivity index (χ1n) is 5.98. The number of hydrogen-bond acceptors (Lipinski definition) is 3. The molecule has 0 aliphatic carbocycles. The van der Waals surface area contributed by atoms with Gasteiger partial charge < -0.3 is 10.1 Å². The zero-order valence-corrected chi connectivity index (χ0v) is 11.6. The molecule has 2 heterocycles. The zero-order valence-electron chi connectivity index (χ0n) is 10.9. The second kappa shape index (κ2) is 4.59. The van der Waals surface area contributed by atoms with Crippen molar-refractivity contribution < 1.29 is 4.74 Å². The normalized spacial score (nSPS) is 28.9. The summed E-state index contributed by atoms with van der Waals surface area (Å²) in [6.45, 7) is 7.77. The highest BCUT2D eigenvalue weighted by molar-refractivity contribution is 6.31. The van der Waals surface area contributed by atoms with Gasteiger partial charge in [0, 0.05) is 25.7 Å². The van der Waals surface area contributed by atoms with Gasteiger partial charge in [0.15, 0.2) is 0 Å². The summed E-state index contributed by atoms with van der Waals surface area (Å²) in [4.78, 5) is 0. The summed E-state index contributed by atoms with van der Waals surface area (Å²) < 4.78 is 7.45. The number of ether oxygens (including phenoxy) is 1. The molecule has 1 N–H and O–H groups in total. The molecule has 1 aliphatic rings. The Morgan fingerprint density at radius 2 is 2.35 bits per heavy atom. The Labute approximate surface area is 107 Å². The molecule has 0 radical (unpaired) electrons. The Hall–Kier alpha value is -0.580.